The highest BCUT2D eigenvalue weighted by Gasteiger charge is 2.34. The number of rotatable bonds is 6. The molecule has 1 saturated carbocycles. The molecule has 0 bridgehead atoms. The molecular weight excluding hydrogens is 250 g/mol. The number of carbonyl (C=O) groups is 2. The van der Waals surface area contributed by atoms with Crippen LogP contribution < -0.4 is 5.73 Å². The van der Waals surface area contributed by atoms with E-state index in [2.05, 4.69) is 0 Å². The standard InChI is InChI=1S/C13H23NO5/c1-3-17-12(15)11(13(16)18-4-2)19-10-7-5-9(14)6-8-10/h9-11H,3-8,14H2,1-2H3. The Morgan fingerprint density at radius 2 is 1.53 bits per heavy atom. The summed E-state index contributed by atoms with van der Waals surface area (Å²) in [6, 6.07) is 0.184. The fourth-order valence-corrected chi connectivity index (χ4v) is 2.06. The van der Waals surface area contributed by atoms with Gasteiger partial charge in [-0.15, -0.1) is 0 Å². The monoisotopic (exact) mass is 273 g/mol. The molecule has 0 aliphatic heterocycles. The minimum atomic E-state index is -1.28. The molecule has 0 aromatic carbocycles. The van der Waals surface area contributed by atoms with Crippen LogP contribution in [-0.4, -0.2) is 43.4 Å². The van der Waals surface area contributed by atoms with Crippen molar-refractivity contribution in [3.05, 3.63) is 0 Å². The predicted molar refractivity (Wildman–Crippen MR) is 68.4 cm³/mol. The highest BCUT2D eigenvalue weighted by molar-refractivity contribution is 5.98. The van der Waals surface area contributed by atoms with E-state index in [1.54, 1.807) is 13.8 Å². The van der Waals surface area contributed by atoms with Crippen LogP contribution in [0.25, 0.3) is 0 Å². The van der Waals surface area contributed by atoms with Crippen molar-refractivity contribution in [1.29, 1.82) is 0 Å². The first-order chi connectivity index (χ1) is 9.08. The molecule has 1 aliphatic rings. The lowest BCUT2D eigenvalue weighted by Gasteiger charge is -2.28. The van der Waals surface area contributed by atoms with Crippen LogP contribution in [0.15, 0.2) is 0 Å². The molecule has 6 nitrogen and oxygen atoms in total. The van der Waals surface area contributed by atoms with E-state index in [1.807, 2.05) is 0 Å². The average Bonchev–Trinajstić information content (AvgIpc) is 2.38. The van der Waals surface area contributed by atoms with Gasteiger partial charge in [-0.05, 0) is 39.5 Å². The molecule has 0 spiro atoms. The van der Waals surface area contributed by atoms with Crippen molar-refractivity contribution in [3.8, 4) is 0 Å². The van der Waals surface area contributed by atoms with Crippen molar-refractivity contribution in [2.45, 2.75) is 57.8 Å². The summed E-state index contributed by atoms with van der Waals surface area (Å²) in [5.41, 5.74) is 5.80. The number of carbonyl (C=O) groups excluding carboxylic acids is 2. The molecule has 0 aromatic heterocycles. The van der Waals surface area contributed by atoms with Gasteiger partial charge in [0.25, 0.3) is 6.10 Å². The number of hydrogen-bond acceptors (Lipinski definition) is 6. The minimum Gasteiger partial charge on any atom is -0.464 e. The Morgan fingerprint density at radius 1 is 1.05 bits per heavy atom. The molecule has 0 unspecified atom stereocenters. The van der Waals surface area contributed by atoms with E-state index in [0.29, 0.717) is 0 Å². The van der Waals surface area contributed by atoms with Gasteiger partial charge in [0.15, 0.2) is 0 Å². The summed E-state index contributed by atoms with van der Waals surface area (Å²) in [6.45, 7) is 3.76. The first kappa shape index (κ1) is 15.9. The molecule has 2 N–H and O–H groups in total. The normalized spacial score (nSPS) is 23.2. The fourth-order valence-electron chi connectivity index (χ4n) is 2.06. The SMILES string of the molecule is CCOC(=O)C(OC1CCC(N)CC1)C(=O)OCC. The van der Waals surface area contributed by atoms with Gasteiger partial charge in [-0.3, -0.25) is 0 Å². The van der Waals surface area contributed by atoms with E-state index in [9.17, 15) is 9.59 Å². The second-order valence-electron chi connectivity index (χ2n) is 4.56. The Hall–Kier alpha value is -1.14. The predicted octanol–water partition coefficient (Wildman–Crippen LogP) is 0.768. The number of hydrogen-bond donors (Lipinski definition) is 1. The fraction of sp³-hybridized carbons (Fsp3) is 0.846. The van der Waals surface area contributed by atoms with Crippen LogP contribution in [0.2, 0.25) is 0 Å². The van der Waals surface area contributed by atoms with E-state index in [0.717, 1.165) is 25.7 Å². The molecular formula is C13H23NO5. The number of nitrogens with two attached hydrogens (primary N) is 1. The van der Waals surface area contributed by atoms with Crippen LogP contribution in [0.1, 0.15) is 39.5 Å². The summed E-state index contributed by atoms with van der Waals surface area (Å²) < 4.78 is 15.3. The summed E-state index contributed by atoms with van der Waals surface area (Å²) in [5.74, 6) is -1.37. The molecule has 6 heteroatoms. The quantitative estimate of drug-likeness (QED) is 0.568. The van der Waals surface area contributed by atoms with Gasteiger partial charge in [-0.25, -0.2) is 9.59 Å². The lowest BCUT2D eigenvalue weighted by molar-refractivity contribution is -0.178. The lowest BCUT2D eigenvalue weighted by Crippen LogP contribution is -2.41. The Bertz CT molecular complexity index is 281. The first-order valence-corrected chi connectivity index (χ1v) is 6.82. The van der Waals surface area contributed by atoms with Crippen LogP contribution in [-0.2, 0) is 23.8 Å². The van der Waals surface area contributed by atoms with Crippen molar-refractivity contribution in [3.63, 3.8) is 0 Å². The van der Waals surface area contributed by atoms with Gasteiger partial charge >= 0.3 is 11.9 Å². The average molecular weight is 273 g/mol. The van der Waals surface area contributed by atoms with E-state index in [4.69, 9.17) is 19.9 Å². The van der Waals surface area contributed by atoms with Crippen molar-refractivity contribution in [2.75, 3.05) is 13.2 Å². The smallest absolute Gasteiger partial charge is 0.347 e. The maximum atomic E-state index is 11.7. The number of ether oxygens (including phenoxy) is 3. The Morgan fingerprint density at radius 3 is 1.95 bits per heavy atom. The summed E-state index contributed by atoms with van der Waals surface area (Å²) in [6.07, 6.45) is 1.75. The third-order valence-electron chi connectivity index (χ3n) is 3.05. The van der Waals surface area contributed by atoms with Crippen LogP contribution in [0, 0.1) is 0 Å². The highest BCUT2D eigenvalue weighted by atomic mass is 16.6. The van der Waals surface area contributed by atoms with E-state index >= 15 is 0 Å². The molecule has 110 valence electrons. The zero-order chi connectivity index (χ0) is 14.3. The molecule has 0 aromatic rings. The van der Waals surface area contributed by atoms with Crippen molar-refractivity contribution < 1.29 is 23.8 Å². The van der Waals surface area contributed by atoms with Gasteiger partial charge in [-0.2, -0.15) is 0 Å². The zero-order valence-electron chi connectivity index (χ0n) is 11.6. The molecule has 0 atom stereocenters. The second-order valence-corrected chi connectivity index (χ2v) is 4.56. The highest BCUT2D eigenvalue weighted by Crippen LogP contribution is 2.21. The largest absolute Gasteiger partial charge is 0.464 e. The molecule has 0 radical (unpaired) electrons. The maximum absolute atomic E-state index is 11.7. The molecule has 1 rings (SSSR count). The lowest BCUT2D eigenvalue weighted by atomic mass is 9.93. The van der Waals surface area contributed by atoms with Crippen LogP contribution in [0.4, 0.5) is 0 Å². The van der Waals surface area contributed by atoms with E-state index in [1.165, 1.54) is 0 Å². The summed E-state index contributed by atoms with van der Waals surface area (Å²) in [5, 5.41) is 0. The molecule has 0 heterocycles. The van der Waals surface area contributed by atoms with Gasteiger partial charge in [-0.1, -0.05) is 0 Å². The van der Waals surface area contributed by atoms with Crippen LogP contribution in [0.3, 0.4) is 0 Å². The third kappa shape index (κ3) is 5.16. The first-order valence-electron chi connectivity index (χ1n) is 6.82. The van der Waals surface area contributed by atoms with Crippen LogP contribution in [0.5, 0.6) is 0 Å². The molecule has 1 fully saturated rings. The maximum Gasteiger partial charge on any atom is 0.347 e. The van der Waals surface area contributed by atoms with Gasteiger partial charge in [0.2, 0.25) is 0 Å². The van der Waals surface area contributed by atoms with E-state index in [-0.39, 0.29) is 25.4 Å². The van der Waals surface area contributed by atoms with E-state index < -0.39 is 18.0 Å². The third-order valence-corrected chi connectivity index (χ3v) is 3.05. The molecule has 0 amide bonds. The zero-order valence-corrected chi connectivity index (χ0v) is 11.6. The molecule has 1 aliphatic carbocycles. The summed E-state index contributed by atoms with van der Waals surface area (Å²) >= 11 is 0. The van der Waals surface area contributed by atoms with Gasteiger partial charge in [0.1, 0.15) is 0 Å². The van der Waals surface area contributed by atoms with Crippen LogP contribution >= 0.6 is 0 Å². The minimum absolute atomic E-state index is 0.140. The summed E-state index contributed by atoms with van der Waals surface area (Å²) in [4.78, 5) is 23.4. The van der Waals surface area contributed by atoms with Gasteiger partial charge in [0.05, 0.1) is 19.3 Å². The molecule has 19 heavy (non-hydrogen) atoms. The summed E-state index contributed by atoms with van der Waals surface area (Å²) in [7, 11) is 0. The number of esters is 2. The Labute approximate surface area is 113 Å². The molecule has 0 saturated heterocycles. The second kappa shape index (κ2) is 8.12. The van der Waals surface area contributed by atoms with Gasteiger partial charge in [0, 0.05) is 6.04 Å². The van der Waals surface area contributed by atoms with Crippen molar-refractivity contribution >= 4 is 11.9 Å². The topological polar surface area (TPSA) is 87.9 Å². The van der Waals surface area contributed by atoms with Gasteiger partial charge < -0.3 is 19.9 Å². The van der Waals surface area contributed by atoms with Crippen molar-refractivity contribution in [1.82, 2.24) is 0 Å². The Kier molecular flexibility index (Phi) is 6.80. The Balaban J connectivity index is 2.57. The van der Waals surface area contributed by atoms with Crippen molar-refractivity contribution in [2.24, 2.45) is 5.73 Å².